The molecule has 1 aliphatic carbocycles. The maximum absolute atomic E-state index is 11.4. The Kier molecular flexibility index (Phi) is 2.31. The van der Waals surface area contributed by atoms with Crippen LogP contribution in [0.5, 0.6) is 5.88 Å². The fourth-order valence-corrected chi connectivity index (χ4v) is 1.54. The third-order valence-electron chi connectivity index (χ3n) is 2.28. The molecule has 0 saturated heterocycles. The minimum absolute atomic E-state index is 0.206. The van der Waals surface area contributed by atoms with E-state index in [2.05, 4.69) is 4.98 Å². The number of rotatable bonds is 2. The van der Waals surface area contributed by atoms with Gasteiger partial charge in [-0.05, 0) is 12.5 Å². The van der Waals surface area contributed by atoms with Crippen molar-refractivity contribution in [1.29, 1.82) is 0 Å². The Labute approximate surface area is 82.4 Å². The number of hydrogen-bond acceptors (Lipinski definition) is 3. The summed E-state index contributed by atoms with van der Waals surface area (Å²) in [5.41, 5.74) is 1.67. The second-order valence-corrected chi connectivity index (χ2v) is 3.17. The van der Waals surface area contributed by atoms with Crippen LogP contribution >= 0.6 is 0 Å². The van der Waals surface area contributed by atoms with Crippen LogP contribution in [-0.2, 0) is 4.79 Å². The largest absolute Gasteiger partial charge is 0.481 e. The van der Waals surface area contributed by atoms with E-state index >= 15 is 0 Å². The average molecular weight is 189 g/mol. The van der Waals surface area contributed by atoms with Gasteiger partial charge in [0.25, 0.3) is 0 Å². The van der Waals surface area contributed by atoms with Crippen LogP contribution in [0.3, 0.4) is 0 Å². The van der Waals surface area contributed by atoms with Gasteiger partial charge in [0.2, 0.25) is 5.88 Å². The quantitative estimate of drug-likeness (QED) is 0.712. The SMILES string of the molecule is COc1ccc(C2=CCCC2=O)cn1. The van der Waals surface area contributed by atoms with Gasteiger partial charge in [-0.2, -0.15) is 0 Å². The van der Waals surface area contributed by atoms with E-state index in [1.165, 1.54) is 0 Å². The number of hydrogen-bond donors (Lipinski definition) is 0. The Hall–Kier alpha value is -1.64. The van der Waals surface area contributed by atoms with Crippen molar-refractivity contribution in [1.82, 2.24) is 4.98 Å². The summed E-state index contributed by atoms with van der Waals surface area (Å²) in [4.78, 5) is 15.5. The van der Waals surface area contributed by atoms with Crippen molar-refractivity contribution in [2.24, 2.45) is 0 Å². The lowest BCUT2D eigenvalue weighted by Crippen LogP contribution is -1.96. The molecule has 0 saturated carbocycles. The van der Waals surface area contributed by atoms with Gasteiger partial charge >= 0.3 is 0 Å². The zero-order chi connectivity index (χ0) is 9.97. The van der Waals surface area contributed by atoms with E-state index in [9.17, 15) is 4.79 Å². The summed E-state index contributed by atoms with van der Waals surface area (Å²) in [5.74, 6) is 0.775. The Morgan fingerprint density at radius 1 is 1.43 bits per heavy atom. The standard InChI is InChI=1S/C11H11NO2/c1-14-11-6-5-8(7-12-11)9-3-2-4-10(9)13/h3,5-7H,2,4H2,1H3. The molecule has 72 valence electrons. The van der Waals surface area contributed by atoms with Crippen LogP contribution in [0.25, 0.3) is 5.57 Å². The predicted octanol–water partition coefficient (Wildman–Crippen LogP) is 1.84. The molecule has 0 amide bonds. The maximum atomic E-state index is 11.4. The van der Waals surface area contributed by atoms with Crippen molar-refractivity contribution in [3.8, 4) is 5.88 Å². The van der Waals surface area contributed by atoms with Crippen LogP contribution in [0.15, 0.2) is 24.4 Å². The van der Waals surface area contributed by atoms with E-state index in [0.29, 0.717) is 12.3 Å². The minimum atomic E-state index is 0.206. The molecule has 0 N–H and O–H groups in total. The maximum Gasteiger partial charge on any atom is 0.212 e. The van der Waals surface area contributed by atoms with Gasteiger partial charge in [-0.3, -0.25) is 4.79 Å². The first-order valence-electron chi connectivity index (χ1n) is 4.55. The molecule has 0 aromatic carbocycles. The fraction of sp³-hybridized carbons (Fsp3) is 0.273. The summed E-state index contributed by atoms with van der Waals surface area (Å²) >= 11 is 0. The molecular weight excluding hydrogens is 178 g/mol. The lowest BCUT2D eigenvalue weighted by molar-refractivity contribution is -0.113. The molecule has 14 heavy (non-hydrogen) atoms. The van der Waals surface area contributed by atoms with Gasteiger partial charge in [-0.1, -0.05) is 6.08 Å². The van der Waals surface area contributed by atoms with Gasteiger partial charge in [-0.25, -0.2) is 4.98 Å². The molecule has 0 atom stereocenters. The van der Waals surface area contributed by atoms with Gasteiger partial charge in [0.15, 0.2) is 5.78 Å². The second-order valence-electron chi connectivity index (χ2n) is 3.17. The zero-order valence-electron chi connectivity index (χ0n) is 7.99. The highest BCUT2D eigenvalue weighted by molar-refractivity contribution is 6.22. The molecule has 0 bridgehead atoms. The summed E-state index contributed by atoms with van der Waals surface area (Å²) in [6.45, 7) is 0. The molecule has 0 radical (unpaired) electrons. The molecule has 0 spiro atoms. The number of pyridine rings is 1. The first-order chi connectivity index (χ1) is 6.81. The summed E-state index contributed by atoms with van der Waals surface area (Å²) < 4.78 is 4.94. The Balaban J connectivity index is 2.29. The van der Waals surface area contributed by atoms with Crippen LogP contribution in [0.4, 0.5) is 0 Å². The lowest BCUT2D eigenvalue weighted by Gasteiger charge is -2.01. The highest BCUT2D eigenvalue weighted by Gasteiger charge is 2.16. The van der Waals surface area contributed by atoms with Crippen molar-refractivity contribution in [2.45, 2.75) is 12.8 Å². The number of ketones is 1. The van der Waals surface area contributed by atoms with Gasteiger partial charge in [-0.15, -0.1) is 0 Å². The normalized spacial score (nSPS) is 15.5. The molecule has 1 aromatic rings. The first-order valence-corrected chi connectivity index (χ1v) is 4.55. The smallest absolute Gasteiger partial charge is 0.212 e. The van der Waals surface area contributed by atoms with Crippen molar-refractivity contribution in [3.05, 3.63) is 30.0 Å². The van der Waals surface area contributed by atoms with E-state index in [0.717, 1.165) is 17.6 Å². The number of allylic oxidation sites excluding steroid dienone is 2. The fourth-order valence-electron chi connectivity index (χ4n) is 1.54. The van der Waals surface area contributed by atoms with Crippen molar-refractivity contribution >= 4 is 11.4 Å². The van der Waals surface area contributed by atoms with Gasteiger partial charge in [0.1, 0.15) is 0 Å². The van der Waals surface area contributed by atoms with Gasteiger partial charge in [0.05, 0.1) is 7.11 Å². The molecule has 0 unspecified atom stereocenters. The monoisotopic (exact) mass is 189 g/mol. The summed E-state index contributed by atoms with van der Waals surface area (Å²) in [6.07, 6.45) is 5.11. The van der Waals surface area contributed by atoms with Crippen LogP contribution in [0.1, 0.15) is 18.4 Å². The topological polar surface area (TPSA) is 39.2 Å². The van der Waals surface area contributed by atoms with Crippen LogP contribution in [-0.4, -0.2) is 17.9 Å². The third-order valence-corrected chi connectivity index (χ3v) is 2.28. The molecule has 1 aromatic heterocycles. The van der Waals surface area contributed by atoms with E-state index in [4.69, 9.17) is 4.74 Å². The zero-order valence-corrected chi connectivity index (χ0v) is 7.99. The third kappa shape index (κ3) is 1.53. The predicted molar refractivity (Wildman–Crippen MR) is 53.0 cm³/mol. The van der Waals surface area contributed by atoms with Crippen LogP contribution in [0, 0.1) is 0 Å². The van der Waals surface area contributed by atoms with Crippen molar-refractivity contribution in [2.75, 3.05) is 7.11 Å². The van der Waals surface area contributed by atoms with Gasteiger partial charge < -0.3 is 4.74 Å². The first kappa shape index (κ1) is 8.94. The number of nitrogens with zero attached hydrogens (tertiary/aromatic N) is 1. The highest BCUT2D eigenvalue weighted by Crippen LogP contribution is 2.24. The second kappa shape index (κ2) is 3.62. The number of ether oxygens (including phenoxy) is 1. The van der Waals surface area contributed by atoms with E-state index < -0.39 is 0 Å². The van der Waals surface area contributed by atoms with Crippen LogP contribution < -0.4 is 4.74 Å². The number of carbonyl (C=O) groups is 1. The molecule has 1 aliphatic rings. The van der Waals surface area contributed by atoms with Crippen molar-refractivity contribution < 1.29 is 9.53 Å². The van der Waals surface area contributed by atoms with Crippen LogP contribution in [0.2, 0.25) is 0 Å². The van der Waals surface area contributed by atoms with Gasteiger partial charge in [0, 0.05) is 29.8 Å². The number of methoxy groups -OCH3 is 1. The molecule has 3 heteroatoms. The average Bonchev–Trinajstić information content (AvgIpc) is 2.65. The highest BCUT2D eigenvalue weighted by atomic mass is 16.5. The molecule has 0 aliphatic heterocycles. The Morgan fingerprint density at radius 2 is 2.29 bits per heavy atom. The molecular formula is C11H11NO2. The Bertz CT molecular complexity index is 379. The Morgan fingerprint density at radius 3 is 2.79 bits per heavy atom. The number of Topliss-reactive ketones (excluding diaryl/α,β-unsaturated/α-hetero) is 1. The summed E-state index contributed by atoms with van der Waals surface area (Å²) in [7, 11) is 1.57. The number of carbonyl (C=O) groups excluding carboxylic acids is 1. The van der Waals surface area contributed by atoms with E-state index in [1.807, 2.05) is 12.1 Å². The number of aromatic nitrogens is 1. The molecule has 2 rings (SSSR count). The van der Waals surface area contributed by atoms with Crippen molar-refractivity contribution in [3.63, 3.8) is 0 Å². The van der Waals surface area contributed by atoms with E-state index in [-0.39, 0.29) is 5.78 Å². The minimum Gasteiger partial charge on any atom is -0.481 e. The molecule has 1 heterocycles. The molecule has 3 nitrogen and oxygen atoms in total. The summed E-state index contributed by atoms with van der Waals surface area (Å²) in [5, 5.41) is 0. The van der Waals surface area contributed by atoms with E-state index in [1.54, 1.807) is 19.4 Å². The molecule has 0 fully saturated rings. The lowest BCUT2D eigenvalue weighted by atomic mass is 10.1. The summed E-state index contributed by atoms with van der Waals surface area (Å²) in [6, 6.07) is 3.63.